The van der Waals surface area contributed by atoms with Gasteiger partial charge in [-0.3, -0.25) is 9.59 Å². The van der Waals surface area contributed by atoms with Gasteiger partial charge < -0.3 is 4.74 Å². The maximum atomic E-state index is 11.5. The lowest BCUT2D eigenvalue weighted by Gasteiger charge is -2.41. The van der Waals surface area contributed by atoms with Gasteiger partial charge >= 0.3 is 5.97 Å². The number of carbonyl (C=O) groups is 2. The van der Waals surface area contributed by atoms with E-state index in [1.165, 1.54) is 0 Å². The molecule has 0 radical (unpaired) electrons. The van der Waals surface area contributed by atoms with Gasteiger partial charge in [0.1, 0.15) is 12.2 Å². The van der Waals surface area contributed by atoms with E-state index in [1.54, 1.807) is 6.92 Å². The van der Waals surface area contributed by atoms with Crippen LogP contribution in [0.1, 0.15) is 40.0 Å². The third-order valence-electron chi connectivity index (χ3n) is 2.68. The van der Waals surface area contributed by atoms with E-state index in [4.69, 9.17) is 4.74 Å². The molecule has 0 heterocycles. The standard InChI is InChI=1S/C11H18O3/c1-4-14-10(13)5-9(12)8-6-11(2,3)7-8/h8H,4-7H2,1-3H3. The van der Waals surface area contributed by atoms with Crippen LogP contribution in [0.2, 0.25) is 0 Å². The van der Waals surface area contributed by atoms with Crippen LogP contribution in [0.25, 0.3) is 0 Å². The molecule has 0 amide bonds. The van der Waals surface area contributed by atoms with Gasteiger partial charge in [-0.1, -0.05) is 13.8 Å². The van der Waals surface area contributed by atoms with Crippen molar-refractivity contribution < 1.29 is 14.3 Å². The van der Waals surface area contributed by atoms with E-state index in [9.17, 15) is 9.59 Å². The Bertz CT molecular complexity index is 235. The Balaban J connectivity index is 2.27. The molecule has 0 spiro atoms. The van der Waals surface area contributed by atoms with Gasteiger partial charge in [0, 0.05) is 5.92 Å². The SMILES string of the molecule is CCOC(=O)CC(=O)C1CC(C)(C)C1. The van der Waals surface area contributed by atoms with Crippen molar-refractivity contribution in [3.8, 4) is 0 Å². The molecule has 0 aromatic rings. The maximum absolute atomic E-state index is 11.5. The van der Waals surface area contributed by atoms with Gasteiger partial charge in [0.05, 0.1) is 6.61 Å². The molecule has 0 unspecified atom stereocenters. The molecule has 1 saturated carbocycles. The second-order valence-electron chi connectivity index (χ2n) is 4.72. The lowest BCUT2D eigenvalue weighted by Crippen LogP contribution is -2.37. The average Bonchev–Trinajstić information content (AvgIpc) is 2.00. The number of hydrogen-bond donors (Lipinski definition) is 0. The number of hydrogen-bond acceptors (Lipinski definition) is 3. The summed E-state index contributed by atoms with van der Waals surface area (Å²) in [7, 11) is 0. The predicted octanol–water partition coefficient (Wildman–Crippen LogP) is 1.94. The monoisotopic (exact) mass is 198 g/mol. The van der Waals surface area contributed by atoms with Crippen LogP contribution in [0.5, 0.6) is 0 Å². The molecular weight excluding hydrogens is 180 g/mol. The molecule has 0 bridgehead atoms. The molecule has 0 atom stereocenters. The summed E-state index contributed by atoms with van der Waals surface area (Å²) in [5.41, 5.74) is 0.287. The number of carbonyl (C=O) groups excluding carboxylic acids is 2. The molecule has 80 valence electrons. The highest BCUT2D eigenvalue weighted by Gasteiger charge is 2.40. The Morgan fingerprint density at radius 2 is 1.93 bits per heavy atom. The van der Waals surface area contributed by atoms with E-state index in [0.717, 1.165) is 12.8 Å². The van der Waals surface area contributed by atoms with Gasteiger partial charge in [-0.2, -0.15) is 0 Å². The van der Waals surface area contributed by atoms with E-state index in [-0.39, 0.29) is 29.5 Å². The first-order valence-corrected chi connectivity index (χ1v) is 5.13. The number of esters is 1. The molecule has 1 aliphatic rings. The lowest BCUT2D eigenvalue weighted by atomic mass is 9.63. The van der Waals surface area contributed by atoms with Crippen LogP contribution in [0, 0.1) is 11.3 Å². The molecule has 1 aliphatic carbocycles. The second-order valence-corrected chi connectivity index (χ2v) is 4.72. The first kappa shape index (κ1) is 11.2. The van der Waals surface area contributed by atoms with E-state index in [0.29, 0.717) is 6.61 Å². The van der Waals surface area contributed by atoms with Crippen LogP contribution in [0.15, 0.2) is 0 Å². The highest BCUT2D eigenvalue weighted by molar-refractivity contribution is 5.97. The van der Waals surface area contributed by atoms with E-state index in [1.807, 2.05) is 0 Å². The first-order chi connectivity index (χ1) is 6.44. The van der Waals surface area contributed by atoms with Crippen LogP contribution >= 0.6 is 0 Å². The Kier molecular flexibility index (Phi) is 3.29. The molecule has 14 heavy (non-hydrogen) atoms. The van der Waals surface area contributed by atoms with Crippen molar-refractivity contribution in [3.63, 3.8) is 0 Å². The van der Waals surface area contributed by atoms with Gasteiger partial charge in [0.15, 0.2) is 0 Å². The second kappa shape index (κ2) is 4.11. The number of rotatable bonds is 4. The minimum absolute atomic E-state index is 0.0442. The summed E-state index contributed by atoms with van der Waals surface area (Å²) >= 11 is 0. The zero-order valence-electron chi connectivity index (χ0n) is 9.13. The molecule has 1 fully saturated rings. The summed E-state index contributed by atoms with van der Waals surface area (Å²) in [6, 6.07) is 0. The normalized spacial score (nSPS) is 19.9. The van der Waals surface area contributed by atoms with E-state index >= 15 is 0 Å². The van der Waals surface area contributed by atoms with Gasteiger partial charge in [-0.25, -0.2) is 0 Å². The van der Waals surface area contributed by atoms with Gasteiger partial charge in [0.2, 0.25) is 0 Å². The molecule has 0 aromatic carbocycles. The summed E-state index contributed by atoms with van der Waals surface area (Å²) in [4.78, 5) is 22.5. The summed E-state index contributed by atoms with van der Waals surface area (Å²) in [5.74, 6) is -0.251. The molecule has 0 aliphatic heterocycles. The van der Waals surface area contributed by atoms with Crippen molar-refractivity contribution in [1.29, 1.82) is 0 Å². The van der Waals surface area contributed by atoms with Crippen molar-refractivity contribution in [2.24, 2.45) is 11.3 Å². The van der Waals surface area contributed by atoms with Gasteiger partial charge in [-0.05, 0) is 25.2 Å². The molecular formula is C11H18O3. The van der Waals surface area contributed by atoms with Crippen LogP contribution in [0.3, 0.4) is 0 Å². The topological polar surface area (TPSA) is 43.4 Å². The Morgan fingerprint density at radius 1 is 1.36 bits per heavy atom. The highest BCUT2D eigenvalue weighted by Crippen LogP contribution is 2.45. The van der Waals surface area contributed by atoms with E-state index in [2.05, 4.69) is 13.8 Å². The fraction of sp³-hybridized carbons (Fsp3) is 0.818. The number of Topliss-reactive ketones (excluding diaryl/α,β-unsaturated/α-hetero) is 1. The number of ketones is 1. The van der Waals surface area contributed by atoms with Crippen LogP contribution in [-0.2, 0) is 14.3 Å². The summed E-state index contributed by atoms with van der Waals surface area (Å²) in [5, 5.41) is 0. The minimum Gasteiger partial charge on any atom is -0.466 e. The van der Waals surface area contributed by atoms with Crippen LogP contribution in [-0.4, -0.2) is 18.4 Å². The van der Waals surface area contributed by atoms with Crippen molar-refractivity contribution in [2.45, 2.75) is 40.0 Å². The van der Waals surface area contributed by atoms with Crippen molar-refractivity contribution in [1.82, 2.24) is 0 Å². The molecule has 3 heteroatoms. The predicted molar refractivity (Wildman–Crippen MR) is 52.8 cm³/mol. The van der Waals surface area contributed by atoms with Crippen molar-refractivity contribution >= 4 is 11.8 Å². The van der Waals surface area contributed by atoms with E-state index < -0.39 is 0 Å². The zero-order chi connectivity index (χ0) is 10.8. The Morgan fingerprint density at radius 3 is 2.36 bits per heavy atom. The van der Waals surface area contributed by atoms with Crippen molar-refractivity contribution in [2.75, 3.05) is 6.61 Å². The number of ether oxygens (including phenoxy) is 1. The molecule has 3 nitrogen and oxygen atoms in total. The molecule has 1 rings (SSSR count). The first-order valence-electron chi connectivity index (χ1n) is 5.13. The van der Waals surface area contributed by atoms with Gasteiger partial charge in [0.25, 0.3) is 0 Å². The fourth-order valence-corrected chi connectivity index (χ4v) is 2.00. The summed E-state index contributed by atoms with van der Waals surface area (Å²) in [6.45, 7) is 6.37. The Hall–Kier alpha value is -0.860. The third-order valence-corrected chi connectivity index (χ3v) is 2.68. The fourth-order valence-electron chi connectivity index (χ4n) is 2.00. The van der Waals surface area contributed by atoms with Gasteiger partial charge in [-0.15, -0.1) is 0 Å². The zero-order valence-corrected chi connectivity index (χ0v) is 9.13. The largest absolute Gasteiger partial charge is 0.466 e. The van der Waals surface area contributed by atoms with Crippen molar-refractivity contribution in [3.05, 3.63) is 0 Å². The molecule has 0 aromatic heterocycles. The van der Waals surface area contributed by atoms with Crippen LogP contribution in [0.4, 0.5) is 0 Å². The smallest absolute Gasteiger partial charge is 0.313 e. The minimum atomic E-state index is -0.387. The highest BCUT2D eigenvalue weighted by atomic mass is 16.5. The lowest BCUT2D eigenvalue weighted by molar-refractivity contribution is -0.147. The Labute approximate surface area is 84.8 Å². The molecule has 0 saturated heterocycles. The average molecular weight is 198 g/mol. The summed E-state index contributed by atoms with van der Waals surface area (Å²) < 4.78 is 4.72. The third kappa shape index (κ3) is 2.82. The summed E-state index contributed by atoms with van der Waals surface area (Å²) in [6.07, 6.45) is 1.77. The molecule has 0 N–H and O–H groups in total. The van der Waals surface area contributed by atoms with Crippen LogP contribution < -0.4 is 0 Å². The maximum Gasteiger partial charge on any atom is 0.313 e. The quantitative estimate of drug-likeness (QED) is 0.512.